The van der Waals surface area contributed by atoms with Gasteiger partial charge in [0.2, 0.25) is 0 Å². The van der Waals surface area contributed by atoms with Crippen LogP contribution in [0.4, 0.5) is 0 Å². The number of aliphatic carboxylic acids is 1. The second-order valence-electron chi connectivity index (χ2n) is 5.01. The molecule has 0 heterocycles. The Morgan fingerprint density at radius 3 is 2.24 bits per heavy atom. The molecular formula is C16H23NO4. The summed E-state index contributed by atoms with van der Waals surface area (Å²) in [7, 11) is 0. The summed E-state index contributed by atoms with van der Waals surface area (Å²) < 4.78 is 5.15. The van der Waals surface area contributed by atoms with Crippen LogP contribution < -0.4 is 5.32 Å². The van der Waals surface area contributed by atoms with Crippen LogP contribution in [0.5, 0.6) is 0 Å². The average Bonchev–Trinajstić information content (AvgIpc) is 2.50. The van der Waals surface area contributed by atoms with E-state index in [2.05, 4.69) is 19.2 Å². The molecule has 116 valence electrons. The number of hydrogen-bond acceptors (Lipinski definition) is 4. The fourth-order valence-corrected chi connectivity index (χ4v) is 2.25. The van der Waals surface area contributed by atoms with Crippen molar-refractivity contribution in [2.45, 2.75) is 51.8 Å². The molecule has 1 aromatic rings. The number of esters is 1. The fraction of sp³-hybridized carbons (Fsp3) is 0.500. The molecular weight excluding hydrogens is 270 g/mol. The largest absolute Gasteiger partial charge is 0.473 e. The SMILES string of the molecule is CCC(CC)N[C@@H](C)C(OC(=O)C(=O)O)c1ccccc1. The number of ether oxygens (including phenoxy) is 1. The maximum atomic E-state index is 11.4. The number of carboxylic acid groups (broad SMARTS) is 1. The van der Waals surface area contributed by atoms with Crippen molar-refractivity contribution >= 4 is 11.9 Å². The highest BCUT2D eigenvalue weighted by molar-refractivity contribution is 6.28. The van der Waals surface area contributed by atoms with Crippen LogP contribution in [0.25, 0.3) is 0 Å². The number of nitrogens with one attached hydrogen (secondary N) is 1. The van der Waals surface area contributed by atoms with E-state index in [-0.39, 0.29) is 6.04 Å². The molecule has 0 saturated heterocycles. The van der Waals surface area contributed by atoms with Gasteiger partial charge >= 0.3 is 11.9 Å². The van der Waals surface area contributed by atoms with E-state index in [4.69, 9.17) is 9.84 Å². The molecule has 2 atom stereocenters. The van der Waals surface area contributed by atoms with Gasteiger partial charge in [0.25, 0.3) is 0 Å². The van der Waals surface area contributed by atoms with Crippen molar-refractivity contribution in [1.82, 2.24) is 5.32 Å². The van der Waals surface area contributed by atoms with Crippen molar-refractivity contribution in [2.24, 2.45) is 0 Å². The van der Waals surface area contributed by atoms with Crippen LogP contribution in [0.1, 0.15) is 45.3 Å². The van der Waals surface area contributed by atoms with Gasteiger partial charge in [-0.1, -0.05) is 44.2 Å². The van der Waals surface area contributed by atoms with Crippen molar-refractivity contribution < 1.29 is 19.4 Å². The van der Waals surface area contributed by atoms with Crippen LogP contribution in [0.3, 0.4) is 0 Å². The lowest BCUT2D eigenvalue weighted by Gasteiger charge is -2.28. The standard InChI is InChI=1S/C16H23NO4/c1-4-13(5-2)17-11(3)14(21-16(20)15(18)19)12-9-7-6-8-10-12/h6-11,13-14,17H,4-5H2,1-3H3,(H,18,19)/t11-,14?/m0/s1. The Hall–Kier alpha value is -1.88. The first-order chi connectivity index (χ1) is 9.99. The smallest absolute Gasteiger partial charge is 0.417 e. The Kier molecular flexibility index (Phi) is 6.88. The topological polar surface area (TPSA) is 75.6 Å². The van der Waals surface area contributed by atoms with Crippen molar-refractivity contribution in [1.29, 1.82) is 0 Å². The minimum Gasteiger partial charge on any atom is -0.473 e. The summed E-state index contributed by atoms with van der Waals surface area (Å²) in [5, 5.41) is 12.1. The van der Waals surface area contributed by atoms with Gasteiger partial charge in [0.05, 0.1) is 0 Å². The molecule has 1 aromatic carbocycles. The van der Waals surface area contributed by atoms with E-state index in [1.54, 1.807) is 0 Å². The van der Waals surface area contributed by atoms with E-state index in [0.29, 0.717) is 6.04 Å². The van der Waals surface area contributed by atoms with Crippen molar-refractivity contribution in [3.05, 3.63) is 35.9 Å². The molecule has 5 nitrogen and oxygen atoms in total. The molecule has 0 radical (unpaired) electrons. The second kappa shape index (κ2) is 8.42. The number of carbonyl (C=O) groups excluding carboxylic acids is 1. The lowest BCUT2D eigenvalue weighted by Crippen LogP contribution is -2.41. The van der Waals surface area contributed by atoms with Crippen molar-refractivity contribution in [3.63, 3.8) is 0 Å². The van der Waals surface area contributed by atoms with Crippen LogP contribution in [-0.2, 0) is 14.3 Å². The normalized spacial score (nSPS) is 13.7. The van der Waals surface area contributed by atoms with Gasteiger partial charge < -0.3 is 15.2 Å². The third-order valence-corrected chi connectivity index (χ3v) is 3.48. The number of carbonyl (C=O) groups is 2. The Balaban J connectivity index is 2.91. The first-order valence-corrected chi connectivity index (χ1v) is 7.24. The molecule has 21 heavy (non-hydrogen) atoms. The van der Waals surface area contributed by atoms with Crippen LogP contribution in [0, 0.1) is 0 Å². The molecule has 0 aromatic heterocycles. The Labute approximate surface area is 125 Å². The summed E-state index contributed by atoms with van der Waals surface area (Å²) in [6.07, 6.45) is 1.28. The number of rotatable bonds is 7. The lowest BCUT2D eigenvalue weighted by atomic mass is 10.0. The third-order valence-electron chi connectivity index (χ3n) is 3.48. The summed E-state index contributed by atoms with van der Waals surface area (Å²) in [5.41, 5.74) is 0.776. The first kappa shape index (κ1) is 17.2. The highest BCUT2D eigenvalue weighted by Crippen LogP contribution is 2.22. The monoisotopic (exact) mass is 293 g/mol. The zero-order valence-electron chi connectivity index (χ0n) is 12.7. The van der Waals surface area contributed by atoms with Gasteiger partial charge in [0.15, 0.2) is 0 Å². The summed E-state index contributed by atoms with van der Waals surface area (Å²) >= 11 is 0. The lowest BCUT2D eigenvalue weighted by molar-refractivity contribution is -0.168. The molecule has 0 saturated carbocycles. The van der Waals surface area contributed by atoms with Crippen LogP contribution >= 0.6 is 0 Å². The molecule has 0 bridgehead atoms. The van der Waals surface area contributed by atoms with Gasteiger partial charge in [-0.15, -0.1) is 0 Å². The third kappa shape index (κ3) is 5.19. The maximum absolute atomic E-state index is 11.4. The van der Waals surface area contributed by atoms with Gasteiger partial charge in [-0.2, -0.15) is 0 Å². The van der Waals surface area contributed by atoms with E-state index in [1.165, 1.54) is 0 Å². The van der Waals surface area contributed by atoms with Crippen LogP contribution in [0.15, 0.2) is 30.3 Å². The quantitative estimate of drug-likeness (QED) is 0.597. The zero-order valence-corrected chi connectivity index (χ0v) is 12.7. The summed E-state index contributed by atoms with van der Waals surface area (Å²) in [6.45, 7) is 6.05. The second-order valence-corrected chi connectivity index (χ2v) is 5.01. The van der Waals surface area contributed by atoms with Crippen LogP contribution in [-0.4, -0.2) is 29.1 Å². The number of benzene rings is 1. The van der Waals surface area contributed by atoms with Gasteiger partial charge in [0.1, 0.15) is 6.10 Å². The minimum absolute atomic E-state index is 0.180. The minimum atomic E-state index is -1.58. The number of carboxylic acids is 1. The van der Waals surface area contributed by atoms with Crippen LogP contribution in [0.2, 0.25) is 0 Å². The molecule has 0 spiro atoms. The van der Waals surface area contributed by atoms with Gasteiger partial charge in [-0.3, -0.25) is 0 Å². The summed E-state index contributed by atoms with van der Waals surface area (Å²) in [5.74, 6) is -2.81. The molecule has 0 fully saturated rings. The van der Waals surface area contributed by atoms with Gasteiger partial charge in [-0.05, 0) is 25.3 Å². The Morgan fingerprint density at radius 2 is 1.76 bits per heavy atom. The predicted octanol–water partition coefficient (Wildman–Crippen LogP) is 2.52. The maximum Gasteiger partial charge on any atom is 0.417 e. The van der Waals surface area contributed by atoms with E-state index < -0.39 is 18.0 Å². The van der Waals surface area contributed by atoms with Gasteiger partial charge in [0, 0.05) is 12.1 Å². The Bertz CT molecular complexity index is 457. The van der Waals surface area contributed by atoms with E-state index in [0.717, 1.165) is 18.4 Å². The Morgan fingerprint density at radius 1 is 1.19 bits per heavy atom. The highest BCUT2D eigenvalue weighted by Gasteiger charge is 2.27. The molecule has 0 aliphatic rings. The molecule has 1 unspecified atom stereocenters. The van der Waals surface area contributed by atoms with Gasteiger partial charge in [-0.25, -0.2) is 9.59 Å². The van der Waals surface area contributed by atoms with E-state index in [1.807, 2.05) is 37.3 Å². The molecule has 0 aliphatic heterocycles. The average molecular weight is 293 g/mol. The summed E-state index contributed by atoms with van der Waals surface area (Å²) in [6, 6.07) is 9.30. The predicted molar refractivity (Wildman–Crippen MR) is 79.9 cm³/mol. The first-order valence-electron chi connectivity index (χ1n) is 7.24. The number of hydrogen-bond donors (Lipinski definition) is 2. The molecule has 0 aliphatic carbocycles. The summed E-state index contributed by atoms with van der Waals surface area (Å²) in [4.78, 5) is 22.1. The van der Waals surface area contributed by atoms with E-state index >= 15 is 0 Å². The molecule has 2 N–H and O–H groups in total. The molecule has 1 rings (SSSR count). The molecule has 5 heteroatoms. The zero-order chi connectivity index (χ0) is 15.8. The van der Waals surface area contributed by atoms with Crippen molar-refractivity contribution in [2.75, 3.05) is 0 Å². The van der Waals surface area contributed by atoms with Crippen molar-refractivity contribution in [3.8, 4) is 0 Å². The fourth-order valence-electron chi connectivity index (χ4n) is 2.25. The van der Waals surface area contributed by atoms with E-state index in [9.17, 15) is 9.59 Å². The highest BCUT2D eigenvalue weighted by atomic mass is 16.6. The molecule has 0 amide bonds.